The van der Waals surface area contributed by atoms with Gasteiger partial charge in [0.2, 0.25) is 0 Å². The molecule has 0 spiro atoms. The van der Waals surface area contributed by atoms with E-state index in [4.69, 9.17) is 27.9 Å². The number of hydrogen-bond donors (Lipinski definition) is 0. The highest BCUT2D eigenvalue weighted by molar-refractivity contribution is 7.98. The minimum atomic E-state index is 0.564. The molecule has 1 rings (SSSR count). The van der Waals surface area contributed by atoms with Crippen molar-refractivity contribution in [2.24, 2.45) is 0 Å². The lowest BCUT2D eigenvalue weighted by molar-refractivity contribution is 0.344. The first kappa shape index (κ1) is 11.0. The highest BCUT2D eigenvalue weighted by Gasteiger charge is 2.01. The van der Waals surface area contributed by atoms with Gasteiger partial charge in [0.1, 0.15) is 5.75 Å². The van der Waals surface area contributed by atoms with E-state index in [-0.39, 0.29) is 0 Å². The molecule has 0 aliphatic rings. The minimum absolute atomic E-state index is 0.564. The minimum Gasteiger partial charge on any atom is -0.491 e. The lowest BCUT2D eigenvalue weighted by Gasteiger charge is -2.06. The van der Waals surface area contributed by atoms with E-state index >= 15 is 0 Å². The predicted octanol–water partition coefficient (Wildman–Crippen LogP) is 3.74. The summed E-state index contributed by atoms with van der Waals surface area (Å²) < 4.78 is 5.42. The standard InChI is InChI=1S/C9H10Cl2OS/c1-13-5-4-12-9-3-2-7(10)6-8(9)11/h2-3,6H,4-5H2,1H3. The van der Waals surface area contributed by atoms with Crippen molar-refractivity contribution < 1.29 is 4.74 Å². The van der Waals surface area contributed by atoms with Crippen molar-refractivity contribution in [2.75, 3.05) is 18.6 Å². The lowest BCUT2D eigenvalue weighted by atomic mass is 10.3. The molecule has 1 nitrogen and oxygen atoms in total. The van der Waals surface area contributed by atoms with Crippen LogP contribution in [0, 0.1) is 0 Å². The number of thioether (sulfide) groups is 1. The van der Waals surface area contributed by atoms with Crippen molar-refractivity contribution in [3.63, 3.8) is 0 Å². The fourth-order valence-electron chi connectivity index (χ4n) is 0.827. The Morgan fingerprint density at radius 1 is 1.38 bits per heavy atom. The van der Waals surface area contributed by atoms with E-state index in [2.05, 4.69) is 0 Å². The van der Waals surface area contributed by atoms with Crippen LogP contribution < -0.4 is 4.74 Å². The zero-order valence-corrected chi connectivity index (χ0v) is 9.55. The molecular weight excluding hydrogens is 227 g/mol. The zero-order chi connectivity index (χ0) is 9.68. The van der Waals surface area contributed by atoms with Gasteiger partial charge in [-0.3, -0.25) is 0 Å². The summed E-state index contributed by atoms with van der Waals surface area (Å²) in [7, 11) is 0. The Balaban J connectivity index is 2.56. The fourth-order valence-corrected chi connectivity index (χ4v) is 1.54. The maximum absolute atomic E-state index is 5.89. The van der Waals surface area contributed by atoms with Gasteiger partial charge in [-0.25, -0.2) is 0 Å². The van der Waals surface area contributed by atoms with Crippen molar-refractivity contribution in [1.29, 1.82) is 0 Å². The molecule has 0 atom stereocenters. The molecule has 0 aliphatic heterocycles. The maximum atomic E-state index is 5.89. The molecule has 0 saturated heterocycles. The van der Waals surface area contributed by atoms with E-state index in [0.29, 0.717) is 22.4 Å². The number of benzene rings is 1. The summed E-state index contributed by atoms with van der Waals surface area (Å²) in [5, 5.41) is 1.19. The normalized spacial score (nSPS) is 10.1. The molecule has 0 amide bonds. The van der Waals surface area contributed by atoms with Crippen LogP contribution in [0.3, 0.4) is 0 Å². The monoisotopic (exact) mass is 236 g/mol. The van der Waals surface area contributed by atoms with E-state index in [1.54, 1.807) is 30.0 Å². The van der Waals surface area contributed by atoms with Crippen LogP contribution in [0.15, 0.2) is 18.2 Å². The molecule has 0 fully saturated rings. The van der Waals surface area contributed by atoms with Gasteiger partial charge in [0, 0.05) is 10.8 Å². The molecule has 13 heavy (non-hydrogen) atoms. The van der Waals surface area contributed by atoms with Gasteiger partial charge in [-0.2, -0.15) is 11.8 Å². The quantitative estimate of drug-likeness (QED) is 0.738. The van der Waals surface area contributed by atoms with Crippen LogP contribution in [0.2, 0.25) is 10.0 Å². The van der Waals surface area contributed by atoms with Crippen LogP contribution in [0.25, 0.3) is 0 Å². The van der Waals surface area contributed by atoms with Crippen LogP contribution in [0.1, 0.15) is 0 Å². The third kappa shape index (κ3) is 3.67. The summed E-state index contributed by atoms with van der Waals surface area (Å²) in [5.41, 5.74) is 0. The molecule has 0 aliphatic carbocycles. The van der Waals surface area contributed by atoms with E-state index in [1.165, 1.54) is 0 Å². The van der Waals surface area contributed by atoms with Crippen LogP contribution in [-0.4, -0.2) is 18.6 Å². The van der Waals surface area contributed by atoms with Gasteiger partial charge in [0.15, 0.2) is 0 Å². The first-order chi connectivity index (χ1) is 6.24. The third-order valence-corrected chi connectivity index (χ3v) is 2.54. The number of ether oxygens (including phenoxy) is 1. The van der Waals surface area contributed by atoms with Gasteiger partial charge in [-0.1, -0.05) is 23.2 Å². The van der Waals surface area contributed by atoms with Crippen molar-refractivity contribution in [3.05, 3.63) is 28.2 Å². The second-order valence-electron chi connectivity index (χ2n) is 2.42. The molecule has 0 N–H and O–H groups in total. The summed E-state index contributed by atoms with van der Waals surface area (Å²) in [6.07, 6.45) is 2.03. The smallest absolute Gasteiger partial charge is 0.138 e. The maximum Gasteiger partial charge on any atom is 0.138 e. The third-order valence-electron chi connectivity index (χ3n) is 1.44. The number of hydrogen-bond acceptors (Lipinski definition) is 2. The summed E-state index contributed by atoms with van der Waals surface area (Å²) in [5.74, 6) is 1.65. The molecule has 0 aromatic heterocycles. The highest BCUT2D eigenvalue weighted by atomic mass is 35.5. The van der Waals surface area contributed by atoms with E-state index in [0.717, 1.165) is 5.75 Å². The van der Waals surface area contributed by atoms with Gasteiger partial charge < -0.3 is 4.74 Å². The average molecular weight is 237 g/mol. The van der Waals surface area contributed by atoms with Gasteiger partial charge in [-0.15, -0.1) is 0 Å². The molecule has 4 heteroatoms. The van der Waals surface area contributed by atoms with Crippen LogP contribution in [0.4, 0.5) is 0 Å². The van der Waals surface area contributed by atoms with E-state index in [1.807, 2.05) is 6.26 Å². The average Bonchev–Trinajstić information content (AvgIpc) is 2.09. The Hall–Kier alpha value is -0.0500. The summed E-state index contributed by atoms with van der Waals surface area (Å²) in [6.45, 7) is 0.669. The molecule has 1 aromatic rings. The topological polar surface area (TPSA) is 9.23 Å². The second-order valence-corrected chi connectivity index (χ2v) is 4.25. The van der Waals surface area contributed by atoms with Crippen molar-refractivity contribution >= 4 is 35.0 Å². The van der Waals surface area contributed by atoms with Crippen molar-refractivity contribution in [2.45, 2.75) is 0 Å². The Morgan fingerprint density at radius 2 is 2.15 bits per heavy atom. The molecule has 0 saturated carbocycles. The van der Waals surface area contributed by atoms with Gasteiger partial charge in [-0.05, 0) is 24.5 Å². The SMILES string of the molecule is CSCCOc1ccc(Cl)cc1Cl. The van der Waals surface area contributed by atoms with E-state index in [9.17, 15) is 0 Å². The van der Waals surface area contributed by atoms with Crippen LogP contribution in [-0.2, 0) is 0 Å². The molecule has 0 heterocycles. The number of rotatable bonds is 4. The fraction of sp³-hybridized carbons (Fsp3) is 0.333. The largest absolute Gasteiger partial charge is 0.491 e. The Labute approximate surface area is 92.4 Å². The zero-order valence-electron chi connectivity index (χ0n) is 7.22. The molecule has 0 radical (unpaired) electrons. The van der Waals surface area contributed by atoms with Gasteiger partial charge in [0.25, 0.3) is 0 Å². The molecule has 72 valence electrons. The Morgan fingerprint density at radius 3 is 2.77 bits per heavy atom. The summed E-state index contributed by atoms with van der Waals surface area (Å²) in [4.78, 5) is 0. The molecule has 1 aromatic carbocycles. The molecular formula is C9H10Cl2OS. The predicted molar refractivity (Wildman–Crippen MR) is 60.3 cm³/mol. The summed E-state index contributed by atoms with van der Waals surface area (Å²) >= 11 is 13.4. The van der Waals surface area contributed by atoms with Crippen molar-refractivity contribution in [1.82, 2.24) is 0 Å². The first-order valence-corrected chi connectivity index (χ1v) is 5.96. The van der Waals surface area contributed by atoms with Crippen LogP contribution in [0.5, 0.6) is 5.75 Å². The Bertz CT molecular complexity index is 278. The number of halogens is 2. The Kier molecular flexibility index (Phi) is 4.78. The molecule has 0 bridgehead atoms. The van der Waals surface area contributed by atoms with Crippen molar-refractivity contribution in [3.8, 4) is 5.75 Å². The van der Waals surface area contributed by atoms with Gasteiger partial charge >= 0.3 is 0 Å². The van der Waals surface area contributed by atoms with Crippen LogP contribution >= 0.6 is 35.0 Å². The lowest BCUT2D eigenvalue weighted by Crippen LogP contribution is -1.99. The highest BCUT2D eigenvalue weighted by Crippen LogP contribution is 2.27. The second kappa shape index (κ2) is 5.63. The summed E-state index contributed by atoms with van der Waals surface area (Å²) in [6, 6.07) is 5.23. The van der Waals surface area contributed by atoms with E-state index < -0.39 is 0 Å². The first-order valence-electron chi connectivity index (χ1n) is 3.81. The molecule has 0 unspecified atom stereocenters. The van der Waals surface area contributed by atoms with Gasteiger partial charge in [0.05, 0.1) is 11.6 Å².